The number of thioether (sulfide) groups is 1. The van der Waals surface area contributed by atoms with Crippen molar-refractivity contribution >= 4 is 51.4 Å². The summed E-state index contributed by atoms with van der Waals surface area (Å²) in [6.07, 6.45) is 1.66. The fourth-order valence-corrected chi connectivity index (χ4v) is 3.96. The third kappa shape index (κ3) is 4.12. The number of thiazole rings is 1. The zero-order valence-corrected chi connectivity index (χ0v) is 16.2. The minimum Gasteiger partial charge on any atom is -0.504 e. The second-order valence-corrected chi connectivity index (χ2v) is 7.32. The molecule has 8 nitrogen and oxygen atoms in total. The maximum Gasteiger partial charge on any atom is 0.350 e. The van der Waals surface area contributed by atoms with E-state index in [0.29, 0.717) is 37.1 Å². The molecule has 0 radical (unpaired) electrons. The van der Waals surface area contributed by atoms with Gasteiger partial charge in [0.25, 0.3) is 5.91 Å². The number of ether oxygens (including phenoxy) is 2. The number of phenols is 1. The number of phenolic OH excluding ortho intramolecular Hbond substituents is 1. The quantitative estimate of drug-likeness (QED) is 0.594. The maximum absolute atomic E-state index is 12.2. The SMILES string of the molecule is COC(=O)c1sc(N=C2NC(=O)/C(=C/c3ccc(O)c(OC)c3)S2)nc1C. The fourth-order valence-electron chi connectivity index (χ4n) is 2.21. The first-order valence-electron chi connectivity index (χ1n) is 7.63. The second-order valence-electron chi connectivity index (χ2n) is 5.32. The van der Waals surface area contributed by atoms with Gasteiger partial charge >= 0.3 is 5.97 Å². The van der Waals surface area contributed by atoms with Gasteiger partial charge in [0.1, 0.15) is 4.88 Å². The Morgan fingerprint density at radius 1 is 1.37 bits per heavy atom. The molecule has 27 heavy (non-hydrogen) atoms. The van der Waals surface area contributed by atoms with Crippen LogP contribution in [0.4, 0.5) is 5.13 Å². The van der Waals surface area contributed by atoms with Gasteiger partial charge in [-0.25, -0.2) is 9.78 Å². The van der Waals surface area contributed by atoms with Crippen LogP contribution in [0.3, 0.4) is 0 Å². The van der Waals surface area contributed by atoms with Crippen molar-refractivity contribution in [3.05, 3.63) is 39.2 Å². The van der Waals surface area contributed by atoms with E-state index in [1.165, 1.54) is 20.3 Å². The molecule has 1 aromatic heterocycles. The largest absolute Gasteiger partial charge is 0.504 e. The third-order valence-electron chi connectivity index (χ3n) is 3.51. The van der Waals surface area contributed by atoms with Gasteiger partial charge < -0.3 is 19.9 Å². The number of rotatable bonds is 4. The number of hydrogen-bond donors (Lipinski definition) is 2. The lowest BCUT2D eigenvalue weighted by Crippen LogP contribution is -2.19. The lowest BCUT2D eigenvalue weighted by atomic mass is 10.2. The lowest BCUT2D eigenvalue weighted by molar-refractivity contribution is -0.115. The fraction of sp³-hybridized carbons (Fsp3) is 0.176. The van der Waals surface area contributed by atoms with Crippen LogP contribution in [-0.2, 0) is 9.53 Å². The second kappa shape index (κ2) is 7.80. The van der Waals surface area contributed by atoms with Crippen molar-refractivity contribution in [1.29, 1.82) is 0 Å². The van der Waals surface area contributed by atoms with E-state index in [1.54, 1.807) is 25.1 Å². The number of amides is 1. The van der Waals surface area contributed by atoms with Gasteiger partial charge in [0, 0.05) is 0 Å². The average Bonchev–Trinajstić information content (AvgIpc) is 3.18. The van der Waals surface area contributed by atoms with Gasteiger partial charge in [0.2, 0.25) is 5.13 Å². The molecule has 10 heteroatoms. The van der Waals surface area contributed by atoms with Crippen LogP contribution in [0.15, 0.2) is 28.1 Å². The first kappa shape index (κ1) is 18.9. The Hall–Kier alpha value is -2.85. The Morgan fingerprint density at radius 3 is 2.85 bits per heavy atom. The third-order valence-corrected chi connectivity index (χ3v) is 5.45. The maximum atomic E-state index is 12.2. The van der Waals surface area contributed by atoms with Crippen LogP contribution in [0.25, 0.3) is 6.08 Å². The molecule has 1 aromatic carbocycles. The van der Waals surface area contributed by atoms with Crippen molar-refractivity contribution in [2.45, 2.75) is 6.92 Å². The van der Waals surface area contributed by atoms with E-state index in [1.807, 2.05) is 0 Å². The Morgan fingerprint density at radius 2 is 2.15 bits per heavy atom. The van der Waals surface area contributed by atoms with E-state index in [-0.39, 0.29) is 11.7 Å². The summed E-state index contributed by atoms with van der Waals surface area (Å²) < 4.78 is 9.76. The number of carbonyl (C=O) groups excluding carboxylic acids is 2. The molecule has 0 unspecified atom stereocenters. The molecule has 1 aliphatic heterocycles. The monoisotopic (exact) mass is 405 g/mol. The van der Waals surface area contributed by atoms with Gasteiger partial charge in [-0.15, -0.1) is 0 Å². The molecule has 1 aliphatic rings. The van der Waals surface area contributed by atoms with Crippen LogP contribution >= 0.6 is 23.1 Å². The first-order chi connectivity index (χ1) is 12.9. The van der Waals surface area contributed by atoms with Crippen molar-refractivity contribution in [1.82, 2.24) is 10.3 Å². The Bertz CT molecular complexity index is 981. The van der Waals surface area contributed by atoms with Crippen molar-refractivity contribution < 1.29 is 24.2 Å². The molecule has 0 aliphatic carbocycles. The minimum absolute atomic E-state index is 0.0194. The molecule has 140 valence electrons. The van der Waals surface area contributed by atoms with Gasteiger partial charge in [-0.05, 0) is 42.5 Å². The highest BCUT2D eigenvalue weighted by Gasteiger charge is 2.25. The molecular formula is C17H15N3O5S2. The van der Waals surface area contributed by atoms with Crippen molar-refractivity contribution in [3.8, 4) is 11.5 Å². The number of aromatic hydroxyl groups is 1. The van der Waals surface area contributed by atoms with Gasteiger partial charge in [0.05, 0.1) is 24.8 Å². The van der Waals surface area contributed by atoms with Crippen molar-refractivity contribution in [2.75, 3.05) is 14.2 Å². The number of benzene rings is 1. The summed E-state index contributed by atoms with van der Waals surface area (Å²) in [5, 5.41) is 13.0. The number of methoxy groups -OCH3 is 2. The topological polar surface area (TPSA) is 110 Å². The molecule has 2 aromatic rings. The minimum atomic E-state index is -0.471. The summed E-state index contributed by atoms with van der Waals surface area (Å²) in [5.41, 5.74) is 1.22. The zero-order chi connectivity index (χ0) is 19.6. The molecule has 1 saturated heterocycles. The molecule has 0 bridgehead atoms. The number of amidine groups is 1. The molecule has 2 N–H and O–H groups in total. The summed E-state index contributed by atoms with van der Waals surface area (Å²) in [7, 11) is 2.75. The van der Waals surface area contributed by atoms with E-state index in [4.69, 9.17) is 9.47 Å². The summed E-state index contributed by atoms with van der Waals surface area (Å²) >= 11 is 2.24. The smallest absolute Gasteiger partial charge is 0.350 e. The lowest BCUT2D eigenvalue weighted by Gasteiger charge is -2.03. The molecule has 2 heterocycles. The van der Waals surface area contributed by atoms with Crippen LogP contribution in [-0.4, -0.2) is 41.4 Å². The van der Waals surface area contributed by atoms with Crippen LogP contribution in [0, 0.1) is 6.92 Å². The molecule has 0 saturated carbocycles. The normalized spacial score (nSPS) is 16.6. The van der Waals surface area contributed by atoms with Gasteiger partial charge in [-0.1, -0.05) is 17.4 Å². The predicted molar refractivity (Wildman–Crippen MR) is 104 cm³/mol. The van der Waals surface area contributed by atoms with Crippen molar-refractivity contribution in [2.24, 2.45) is 4.99 Å². The number of hydrogen-bond acceptors (Lipinski definition) is 9. The van der Waals surface area contributed by atoms with Crippen LogP contribution in [0.2, 0.25) is 0 Å². The molecule has 0 spiro atoms. The van der Waals surface area contributed by atoms with E-state index >= 15 is 0 Å². The van der Waals surface area contributed by atoms with E-state index < -0.39 is 5.97 Å². The highest BCUT2D eigenvalue weighted by Crippen LogP contribution is 2.32. The average molecular weight is 405 g/mol. The highest BCUT2D eigenvalue weighted by molar-refractivity contribution is 8.18. The van der Waals surface area contributed by atoms with Gasteiger partial charge in [-0.2, -0.15) is 4.99 Å². The number of aliphatic imine (C=N–C) groups is 1. The summed E-state index contributed by atoms with van der Waals surface area (Å²) in [6.45, 7) is 1.69. The predicted octanol–water partition coefficient (Wildman–Crippen LogP) is 2.84. The van der Waals surface area contributed by atoms with E-state index in [0.717, 1.165) is 23.1 Å². The number of aryl methyl sites for hydroxylation is 1. The Labute approximate surface area is 162 Å². The number of carbonyl (C=O) groups is 2. The molecule has 1 amide bonds. The number of aromatic nitrogens is 1. The molecule has 3 rings (SSSR count). The summed E-state index contributed by atoms with van der Waals surface area (Å²) in [6, 6.07) is 4.78. The standard InChI is InChI=1S/C17H15N3O5S2/c1-8-13(15(23)25-3)27-16(18-8)20-17-19-14(22)12(26-17)7-9-4-5-10(21)11(6-9)24-2/h4-7,21H,1-3H3,(H,18,19,20,22)/b12-7-. The molecular weight excluding hydrogens is 390 g/mol. The van der Waals surface area contributed by atoms with Gasteiger partial charge in [0.15, 0.2) is 16.7 Å². The Kier molecular flexibility index (Phi) is 5.47. The van der Waals surface area contributed by atoms with Crippen molar-refractivity contribution in [3.63, 3.8) is 0 Å². The number of nitrogens with zero attached hydrogens (tertiary/aromatic N) is 2. The highest BCUT2D eigenvalue weighted by atomic mass is 32.2. The van der Waals surface area contributed by atoms with E-state index in [9.17, 15) is 14.7 Å². The summed E-state index contributed by atoms with van der Waals surface area (Å²) in [4.78, 5) is 33.1. The summed E-state index contributed by atoms with van der Waals surface area (Å²) in [5.74, 6) is -0.435. The molecule has 1 fully saturated rings. The zero-order valence-electron chi connectivity index (χ0n) is 14.6. The number of nitrogens with one attached hydrogen (secondary N) is 1. The molecule has 0 atom stereocenters. The Balaban J connectivity index is 1.83. The van der Waals surface area contributed by atoms with Crippen LogP contribution in [0.1, 0.15) is 20.9 Å². The van der Waals surface area contributed by atoms with Crippen LogP contribution < -0.4 is 10.1 Å². The number of esters is 1. The van der Waals surface area contributed by atoms with E-state index in [2.05, 4.69) is 15.3 Å². The van der Waals surface area contributed by atoms with Gasteiger partial charge in [-0.3, -0.25) is 4.79 Å². The van der Waals surface area contributed by atoms with Crippen LogP contribution in [0.5, 0.6) is 11.5 Å². The first-order valence-corrected chi connectivity index (χ1v) is 9.27.